The Balaban J connectivity index is 1.45. The highest BCUT2D eigenvalue weighted by molar-refractivity contribution is 5.92. The van der Waals surface area contributed by atoms with Gasteiger partial charge in [0.15, 0.2) is 0 Å². The number of fused-ring (bicyclic) bond motifs is 1. The number of benzene rings is 2. The Hall–Kier alpha value is -3.21. The van der Waals surface area contributed by atoms with E-state index in [9.17, 15) is 9.18 Å². The number of nitrogens with zero attached hydrogens (tertiary/aromatic N) is 2. The highest BCUT2D eigenvalue weighted by Gasteiger charge is 2.18. The minimum Gasteiger partial charge on any atom is -0.326 e. The molecular weight excluding hydrogens is 341 g/mol. The normalized spacial score (nSPS) is 13.1. The van der Waals surface area contributed by atoms with E-state index in [2.05, 4.69) is 33.4 Å². The van der Waals surface area contributed by atoms with E-state index in [1.54, 1.807) is 24.4 Å². The van der Waals surface area contributed by atoms with Crippen LogP contribution < -0.4 is 10.2 Å². The molecule has 3 aromatic rings. The van der Waals surface area contributed by atoms with Crippen molar-refractivity contribution in [2.45, 2.75) is 19.3 Å². The summed E-state index contributed by atoms with van der Waals surface area (Å²) in [5.74, 6) is 0.220. The number of hydrogen-bond acceptors (Lipinski definition) is 3. The molecular formula is C22H20FN3O. The number of carbonyl (C=O) groups is 1. The van der Waals surface area contributed by atoms with Crippen molar-refractivity contribution in [2.75, 3.05) is 16.8 Å². The number of halogens is 1. The first-order valence-corrected chi connectivity index (χ1v) is 9.05. The molecule has 1 amide bonds. The van der Waals surface area contributed by atoms with Gasteiger partial charge in [0.2, 0.25) is 5.91 Å². The van der Waals surface area contributed by atoms with Crippen molar-refractivity contribution >= 4 is 23.1 Å². The van der Waals surface area contributed by atoms with Crippen molar-refractivity contribution < 1.29 is 9.18 Å². The molecule has 2 heterocycles. The molecule has 0 bridgehead atoms. The van der Waals surface area contributed by atoms with Crippen molar-refractivity contribution in [2.24, 2.45) is 0 Å². The first kappa shape index (κ1) is 17.2. The summed E-state index contributed by atoms with van der Waals surface area (Å²) in [7, 11) is 0. The Bertz CT molecular complexity index is 956. The number of pyridine rings is 1. The van der Waals surface area contributed by atoms with Crippen LogP contribution in [0.15, 0.2) is 66.9 Å². The Kier molecular flexibility index (Phi) is 4.83. The van der Waals surface area contributed by atoms with Crippen molar-refractivity contribution in [3.63, 3.8) is 0 Å². The van der Waals surface area contributed by atoms with Crippen molar-refractivity contribution in [3.8, 4) is 0 Å². The standard InChI is InChI=1S/C22H20FN3O/c23-19-9-3-1-7-17(19)14-22(27)25-18-11-12-21(24-15-18)26-13-5-8-16-6-2-4-10-20(16)26/h1-4,6-7,9-12,15H,5,8,13-14H2,(H,25,27). The number of aryl methyl sites for hydroxylation is 1. The maximum Gasteiger partial charge on any atom is 0.228 e. The van der Waals surface area contributed by atoms with E-state index in [4.69, 9.17) is 0 Å². The molecule has 4 rings (SSSR count). The second kappa shape index (κ2) is 7.58. The third-order valence-electron chi connectivity index (χ3n) is 4.73. The van der Waals surface area contributed by atoms with Gasteiger partial charge in [-0.2, -0.15) is 0 Å². The second-order valence-corrected chi connectivity index (χ2v) is 6.61. The van der Waals surface area contributed by atoms with Gasteiger partial charge in [-0.25, -0.2) is 9.37 Å². The lowest BCUT2D eigenvalue weighted by Crippen LogP contribution is -2.25. The van der Waals surface area contributed by atoms with E-state index in [1.807, 2.05) is 18.2 Å². The van der Waals surface area contributed by atoms with Crippen LogP contribution in [0, 0.1) is 5.82 Å². The van der Waals surface area contributed by atoms with E-state index in [0.29, 0.717) is 11.3 Å². The number of anilines is 3. The van der Waals surface area contributed by atoms with Gasteiger partial charge in [-0.3, -0.25) is 4.79 Å². The molecule has 0 fully saturated rings. The molecule has 0 radical (unpaired) electrons. The van der Waals surface area contributed by atoms with Crippen molar-refractivity contribution in [1.82, 2.24) is 4.98 Å². The largest absolute Gasteiger partial charge is 0.326 e. The zero-order valence-corrected chi connectivity index (χ0v) is 14.9. The predicted molar refractivity (Wildman–Crippen MR) is 105 cm³/mol. The number of rotatable bonds is 4. The molecule has 0 unspecified atom stereocenters. The highest BCUT2D eigenvalue weighted by atomic mass is 19.1. The van der Waals surface area contributed by atoms with Crippen molar-refractivity contribution in [1.29, 1.82) is 0 Å². The number of nitrogens with one attached hydrogen (secondary N) is 1. The number of hydrogen-bond donors (Lipinski definition) is 1. The second-order valence-electron chi connectivity index (χ2n) is 6.61. The molecule has 4 nitrogen and oxygen atoms in total. The van der Waals surface area contributed by atoms with Gasteiger partial charge in [-0.05, 0) is 48.2 Å². The highest BCUT2D eigenvalue weighted by Crippen LogP contribution is 2.32. The lowest BCUT2D eigenvalue weighted by atomic mass is 10.0. The monoisotopic (exact) mass is 361 g/mol. The number of aromatic nitrogens is 1. The fourth-order valence-corrected chi connectivity index (χ4v) is 3.41. The van der Waals surface area contributed by atoms with Gasteiger partial charge >= 0.3 is 0 Å². The van der Waals surface area contributed by atoms with Crippen LogP contribution in [-0.4, -0.2) is 17.4 Å². The molecule has 0 atom stereocenters. The molecule has 2 aromatic carbocycles. The molecule has 136 valence electrons. The molecule has 5 heteroatoms. The minimum atomic E-state index is -0.370. The van der Waals surface area contributed by atoms with Crippen LogP contribution >= 0.6 is 0 Å². The van der Waals surface area contributed by atoms with Crippen LogP contribution in [-0.2, 0) is 17.6 Å². The lowest BCUT2D eigenvalue weighted by molar-refractivity contribution is -0.115. The summed E-state index contributed by atoms with van der Waals surface area (Å²) in [5, 5.41) is 2.78. The number of para-hydroxylation sites is 1. The summed E-state index contributed by atoms with van der Waals surface area (Å²) in [4.78, 5) is 18.9. The summed E-state index contributed by atoms with van der Waals surface area (Å²) in [5.41, 5.74) is 3.50. The van der Waals surface area contributed by atoms with Crippen LogP contribution in [0.5, 0.6) is 0 Å². The zero-order chi connectivity index (χ0) is 18.6. The van der Waals surface area contributed by atoms with E-state index < -0.39 is 0 Å². The molecule has 1 aliphatic rings. The van der Waals surface area contributed by atoms with Gasteiger partial charge in [0.1, 0.15) is 11.6 Å². The molecule has 1 aromatic heterocycles. The molecule has 0 saturated carbocycles. The van der Waals surface area contributed by atoms with Gasteiger partial charge in [0, 0.05) is 12.2 Å². The number of carbonyl (C=O) groups excluding carboxylic acids is 1. The maximum absolute atomic E-state index is 13.7. The SMILES string of the molecule is O=C(Cc1ccccc1F)Nc1ccc(N2CCCc3ccccc32)nc1. The quantitative estimate of drug-likeness (QED) is 0.745. The third-order valence-corrected chi connectivity index (χ3v) is 4.73. The molecule has 1 aliphatic heterocycles. The van der Waals surface area contributed by atoms with E-state index in [1.165, 1.54) is 17.3 Å². The first-order chi connectivity index (χ1) is 13.2. The Morgan fingerprint density at radius 1 is 1.07 bits per heavy atom. The smallest absolute Gasteiger partial charge is 0.228 e. The predicted octanol–water partition coefficient (Wildman–Crippen LogP) is 4.49. The minimum absolute atomic E-state index is 0.00603. The van der Waals surface area contributed by atoms with Crippen LogP contribution in [0.4, 0.5) is 21.6 Å². The van der Waals surface area contributed by atoms with Gasteiger partial charge < -0.3 is 10.2 Å². The average Bonchev–Trinajstić information content (AvgIpc) is 2.70. The first-order valence-electron chi connectivity index (χ1n) is 9.05. The lowest BCUT2D eigenvalue weighted by Gasteiger charge is -2.30. The summed E-state index contributed by atoms with van der Waals surface area (Å²) in [6.45, 7) is 0.920. The van der Waals surface area contributed by atoms with Crippen LogP contribution in [0.25, 0.3) is 0 Å². The summed E-state index contributed by atoms with van der Waals surface area (Å²) >= 11 is 0. The molecule has 0 aliphatic carbocycles. The van der Waals surface area contributed by atoms with Gasteiger partial charge in [-0.15, -0.1) is 0 Å². The summed E-state index contributed by atoms with van der Waals surface area (Å²) < 4.78 is 13.7. The van der Waals surface area contributed by atoms with Gasteiger partial charge in [0.05, 0.1) is 18.3 Å². The Morgan fingerprint density at radius 2 is 1.89 bits per heavy atom. The van der Waals surface area contributed by atoms with E-state index >= 15 is 0 Å². The fourth-order valence-electron chi connectivity index (χ4n) is 3.41. The maximum atomic E-state index is 13.7. The molecule has 27 heavy (non-hydrogen) atoms. The zero-order valence-electron chi connectivity index (χ0n) is 14.9. The Labute approximate surface area is 157 Å². The summed E-state index contributed by atoms with van der Waals surface area (Å²) in [6.07, 6.45) is 3.80. The number of amides is 1. The molecule has 0 spiro atoms. The summed E-state index contributed by atoms with van der Waals surface area (Å²) in [6, 6.07) is 18.4. The average molecular weight is 361 g/mol. The Morgan fingerprint density at radius 3 is 2.70 bits per heavy atom. The molecule has 1 N–H and O–H groups in total. The van der Waals surface area contributed by atoms with E-state index in [0.717, 1.165) is 25.2 Å². The van der Waals surface area contributed by atoms with Crippen LogP contribution in [0.1, 0.15) is 17.5 Å². The van der Waals surface area contributed by atoms with Crippen LogP contribution in [0.3, 0.4) is 0 Å². The third kappa shape index (κ3) is 3.82. The van der Waals surface area contributed by atoms with E-state index in [-0.39, 0.29) is 18.1 Å². The van der Waals surface area contributed by atoms with Gasteiger partial charge in [-0.1, -0.05) is 36.4 Å². The topological polar surface area (TPSA) is 45.2 Å². The van der Waals surface area contributed by atoms with Crippen molar-refractivity contribution in [3.05, 3.63) is 83.8 Å². The van der Waals surface area contributed by atoms with Gasteiger partial charge in [0.25, 0.3) is 0 Å². The fraction of sp³-hybridized carbons (Fsp3) is 0.182. The van der Waals surface area contributed by atoms with Crippen LogP contribution in [0.2, 0.25) is 0 Å². The molecule has 0 saturated heterocycles.